The van der Waals surface area contributed by atoms with Gasteiger partial charge in [0, 0.05) is 24.0 Å². The van der Waals surface area contributed by atoms with Gasteiger partial charge in [-0.3, -0.25) is 4.79 Å². The summed E-state index contributed by atoms with van der Waals surface area (Å²) in [6.45, 7) is 8.05. The monoisotopic (exact) mass is 294 g/mol. The summed E-state index contributed by atoms with van der Waals surface area (Å²) in [5.74, 6) is 0.610. The van der Waals surface area contributed by atoms with E-state index in [9.17, 15) is 4.79 Å². The molecule has 1 amide bonds. The van der Waals surface area contributed by atoms with Gasteiger partial charge in [-0.2, -0.15) is 0 Å². The van der Waals surface area contributed by atoms with E-state index in [1.807, 2.05) is 0 Å². The Morgan fingerprint density at radius 3 is 2.85 bits per heavy atom. The minimum absolute atomic E-state index is 0.120. The van der Waals surface area contributed by atoms with E-state index in [0.717, 1.165) is 30.8 Å². The summed E-state index contributed by atoms with van der Waals surface area (Å²) in [6, 6.07) is 8.85. The summed E-state index contributed by atoms with van der Waals surface area (Å²) in [6.07, 6.45) is 2.16. The smallest absolute Gasteiger partial charge is 0.230 e. The van der Waals surface area contributed by atoms with Crippen molar-refractivity contribution >= 4 is 17.7 Å². The number of carbonyl (C=O) groups is 1. The van der Waals surface area contributed by atoms with E-state index in [2.05, 4.69) is 55.7 Å². The normalized spacial score (nSPS) is 10.8. The van der Waals surface area contributed by atoms with Crippen LogP contribution in [0.3, 0.4) is 0 Å². The molecule has 3 nitrogen and oxygen atoms in total. The van der Waals surface area contributed by atoms with Crippen molar-refractivity contribution in [3.05, 3.63) is 29.8 Å². The van der Waals surface area contributed by atoms with Gasteiger partial charge in [0.15, 0.2) is 0 Å². The summed E-state index contributed by atoms with van der Waals surface area (Å²) in [7, 11) is 0. The third-order valence-corrected chi connectivity index (χ3v) is 3.83. The number of unbranched alkanes of at least 4 members (excludes halogenated alkanes) is 1. The maximum Gasteiger partial charge on any atom is 0.230 e. The van der Waals surface area contributed by atoms with Crippen LogP contribution in [0.4, 0.5) is 0 Å². The van der Waals surface area contributed by atoms with Crippen LogP contribution in [0.2, 0.25) is 0 Å². The number of hydrogen-bond donors (Lipinski definition) is 2. The van der Waals surface area contributed by atoms with E-state index in [1.54, 1.807) is 11.8 Å². The Morgan fingerprint density at radius 1 is 1.35 bits per heavy atom. The van der Waals surface area contributed by atoms with Gasteiger partial charge in [0.2, 0.25) is 5.91 Å². The highest BCUT2D eigenvalue weighted by Gasteiger charge is 2.03. The lowest BCUT2D eigenvalue weighted by Gasteiger charge is -2.09. The maximum atomic E-state index is 11.6. The van der Waals surface area contributed by atoms with Gasteiger partial charge < -0.3 is 10.6 Å². The van der Waals surface area contributed by atoms with Crippen LogP contribution in [0.25, 0.3) is 0 Å². The van der Waals surface area contributed by atoms with Gasteiger partial charge in [-0.1, -0.05) is 39.3 Å². The van der Waals surface area contributed by atoms with Crippen LogP contribution in [0.5, 0.6) is 0 Å². The Morgan fingerprint density at radius 2 is 2.15 bits per heavy atom. The first-order valence-corrected chi connectivity index (χ1v) is 8.32. The highest BCUT2D eigenvalue weighted by Crippen LogP contribution is 2.19. The molecule has 0 spiro atoms. The lowest BCUT2D eigenvalue weighted by Crippen LogP contribution is -2.26. The van der Waals surface area contributed by atoms with Crippen molar-refractivity contribution in [2.45, 2.75) is 51.1 Å². The molecule has 0 heterocycles. The fraction of sp³-hybridized carbons (Fsp3) is 0.562. The van der Waals surface area contributed by atoms with Crippen molar-refractivity contribution in [2.75, 3.05) is 12.3 Å². The molecule has 0 saturated heterocycles. The van der Waals surface area contributed by atoms with Crippen LogP contribution in [-0.2, 0) is 11.3 Å². The average molecular weight is 294 g/mol. The molecule has 0 aromatic heterocycles. The average Bonchev–Trinajstić information content (AvgIpc) is 2.44. The van der Waals surface area contributed by atoms with E-state index in [4.69, 9.17) is 0 Å². The molecule has 4 heteroatoms. The second-order valence-corrected chi connectivity index (χ2v) is 6.22. The minimum Gasteiger partial charge on any atom is -0.355 e. The van der Waals surface area contributed by atoms with Crippen LogP contribution in [0.15, 0.2) is 29.2 Å². The Kier molecular flexibility index (Phi) is 8.38. The summed E-state index contributed by atoms with van der Waals surface area (Å²) in [5, 5.41) is 6.34. The van der Waals surface area contributed by atoms with E-state index < -0.39 is 0 Å². The molecule has 0 aliphatic heterocycles. The summed E-state index contributed by atoms with van der Waals surface area (Å²) >= 11 is 1.60. The Labute approximate surface area is 126 Å². The number of hydrogen-bond acceptors (Lipinski definition) is 3. The van der Waals surface area contributed by atoms with Gasteiger partial charge in [-0.25, -0.2) is 0 Å². The second kappa shape index (κ2) is 9.83. The van der Waals surface area contributed by atoms with Gasteiger partial charge in [0.05, 0.1) is 5.75 Å². The zero-order valence-electron chi connectivity index (χ0n) is 12.7. The third kappa shape index (κ3) is 7.56. The van der Waals surface area contributed by atoms with Gasteiger partial charge in [-0.05, 0) is 24.1 Å². The molecule has 0 bridgehead atoms. The molecule has 0 aliphatic carbocycles. The van der Waals surface area contributed by atoms with Crippen molar-refractivity contribution in [3.8, 4) is 0 Å². The predicted molar refractivity (Wildman–Crippen MR) is 87.1 cm³/mol. The Bertz CT molecular complexity index is 407. The van der Waals surface area contributed by atoms with E-state index in [1.165, 1.54) is 5.56 Å². The third-order valence-electron chi connectivity index (χ3n) is 2.84. The van der Waals surface area contributed by atoms with Crippen LogP contribution in [-0.4, -0.2) is 24.2 Å². The van der Waals surface area contributed by atoms with Crippen LogP contribution in [0, 0.1) is 0 Å². The number of thioether (sulfide) groups is 1. The number of nitrogens with one attached hydrogen (secondary N) is 2. The molecule has 0 saturated carbocycles. The molecule has 0 unspecified atom stereocenters. The van der Waals surface area contributed by atoms with Crippen molar-refractivity contribution in [1.29, 1.82) is 0 Å². The number of carbonyl (C=O) groups excluding carboxylic acids is 1. The molecule has 1 aromatic carbocycles. The molecule has 112 valence electrons. The van der Waals surface area contributed by atoms with Crippen molar-refractivity contribution in [2.24, 2.45) is 0 Å². The molecule has 1 aromatic rings. The Hall–Kier alpha value is -1.00. The fourth-order valence-electron chi connectivity index (χ4n) is 1.67. The number of benzene rings is 1. The maximum absolute atomic E-state index is 11.6. The first kappa shape index (κ1) is 17.1. The second-order valence-electron chi connectivity index (χ2n) is 5.18. The molecule has 2 N–H and O–H groups in total. The summed E-state index contributed by atoms with van der Waals surface area (Å²) in [4.78, 5) is 12.8. The largest absolute Gasteiger partial charge is 0.355 e. The first-order chi connectivity index (χ1) is 9.61. The molecule has 0 atom stereocenters. The SMILES string of the molecule is CCCCNC(=O)CSc1cccc(CNC(C)C)c1. The van der Waals surface area contributed by atoms with Crippen LogP contribution >= 0.6 is 11.8 Å². The zero-order valence-corrected chi connectivity index (χ0v) is 13.6. The van der Waals surface area contributed by atoms with Crippen LogP contribution < -0.4 is 10.6 Å². The Balaban J connectivity index is 2.36. The molecule has 0 radical (unpaired) electrons. The zero-order chi connectivity index (χ0) is 14.8. The molecule has 0 aliphatic rings. The van der Waals surface area contributed by atoms with E-state index in [0.29, 0.717) is 11.8 Å². The lowest BCUT2D eigenvalue weighted by atomic mass is 10.2. The predicted octanol–water partition coefficient (Wildman–Crippen LogP) is 3.19. The topological polar surface area (TPSA) is 41.1 Å². The molecular formula is C16H26N2OS. The number of amides is 1. The lowest BCUT2D eigenvalue weighted by molar-refractivity contribution is -0.118. The summed E-state index contributed by atoms with van der Waals surface area (Å²) < 4.78 is 0. The molecule has 1 rings (SSSR count). The van der Waals surface area contributed by atoms with Gasteiger partial charge in [0.25, 0.3) is 0 Å². The quantitative estimate of drug-likeness (QED) is 0.543. The minimum atomic E-state index is 0.120. The highest BCUT2D eigenvalue weighted by molar-refractivity contribution is 8.00. The van der Waals surface area contributed by atoms with Crippen molar-refractivity contribution < 1.29 is 4.79 Å². The van der Waals surface area contributed by atoms with E-state index >= 15 is 0 Å². The fourth-order valence-corrected chi connectivity index (χ4v) is 2.48. The van der Waals surface area contributed by atoms with Gasteiger partial charge >= 0.3 is 0 Å². The molecular weight excluding hydrogens is 268 g/mol. The van der Waals surface area contributed by atoms with Gasteiger partial charge in [-0.15, -0.1) is 11.8 Å². The number of rotatable bonds is 9. The van der Waals surface area contributed by atoms with Crippen LogP contribution in [0.1, 0.15) is 39.2 Å². The molecule has 20 heavy (non-hydrogen) atoms. The van der Waals surface area contributed by atoms with Crippen molar-refractivity contribution in [1.82, 2.24) is 10.6 Å². The first-order valence-electron chi connectivity index (χ1n) is 7.33. The van der Waals surface area contributed by atoms with Crippen molar-refractivity contribution in [3.63, 3.8) is 0 Å². The standard InChI is InChI=1S/C16H26N2OS/c1-4-5-9-17-16(19)12-20-15-8-6-7-14(10-15)11-18-13(2)3/h6-8,10,13,18H,4-5,9,11-12H2,1-3H3,(H,17,19). The highest BCUT2D eigenvalue weighted by atomic mass is 32.2. The molecule has 0 fully saturated rings. The van der Waals surface area contributed by atoms with Gasteiger partial charge in [0.1, 0.15) is 0 Å². The van der Waals surface area contributed by atoms with E-state index in [-0.39, 0.29) is 5.91 Å². The summed E-state index contributed by atoms with van der Waals surface area (Å²) in [5.41, 5.74) is 1.26.